The van der Waals surface area contributed by atoms with Crippen LogP contribution in [0.25, 0.3) is 0 Å². The Labute approximate surface area is 86.5 Å². The van der Waals surface area contributed by atoms with Gasteiger partial charge in [-0.3, -0.25) is 4.79 Å². The minimum Gasteiger partial charge on any atom is -0.366 e. The molecule has 0 aliphatic carbocycles. The Morgan fingerprint density at radius 3 is 2.14 bits per heavy atom. The fraction of sp³-hybridized carbons (Fsp3) is 0.222. The minimum absolute atomic E-state index is 0.00485. The molecule has 0 aliphatic heterocycles. The molecule has 1 aromatic carbocycles. The Morgan fingerprint density at radius 2 is 1.79 bits per heavy atom. The van der Waals surface area contributed by atoms with Gasteiger partial charge in [-0.15, -0.1) is 0 Å². The van der Waals surface area contributed by atoms with E-state index in [1.807, 2.05) is 0 Å². The Bertz CT molecular complexity index is 360. The summed E-state index contributed by atoms with van der Waals surface area (Å²) in [4.78, 5) is 10.8. The van der Waals surface area contributed by atoms with Crippen molar-refractivity contribution in [1.29, 1.82) is 0 Å². The summed E-state index contributed by atoms with van der Waals surface area (Å²) in [5, 5.41) is 0. The number of primary amides is 1. The largest absolute Gasteiger partial charge is 0.366 e. The second-order valence-electron chi connectivity index (χ2n) is 3.39. The molecule has 0 atom stereocenters. The zero-order valence-electron chi connectivity index (χ0n) is 8.10. The van der Waals surface area contributed by atoms with Crippen LogP contribution in [0.15, 0.2) is 24.3 Å². The van der Waals surface area contributed by atoms with Crippen molar-refractivity contribution in [2.24, 2.45) is 5.73 Å². The summed E-state index contributed by atoms with van der Waals surface area (Å²) in [6.45, 7) is 0. The van der Waals surface area contributed by atoms with Gasteiger partial charge in [0, 0.05) is 17.7 Å². The Kier molecular flexibility index (Phi) is 3.03. The Morgan fingerprint density at radius 1 is 1.29 bits per heavy atom. The van der Waals surface area contributed by atoms with Crippen LogP contribution in [-0.2, 0) is 11.9 Å². The molecule has 0 aliphatic rings. The number of nitrogens with two attached hydrogens (primary N) is 1. The number of carbonyl (C=O) groups is 1. The average Bonchev–Trinajstić information content (AvgIpc) is 2.18. The SMILES string of the molecule is C[N+](C)([SH]=O)c1ccc(C(N)=O)cc1. The topological polar surface area (TPSA) is 60.2 Å². The van der Waals surface area contributed by atoms with Gasteiger partial charge in [-0.25, -0.2) is 8.10 Å². The first-order chi connectivity index (χ1) is 6.47. The molecule has 76 valence electrons. The number of hydrogen-bond acceptors (Lipinski definition) is 2. The van der Waals surface area contributed by atoms with Crippen molar-refractivity contribution in [2.75, 3.05) is 14.1 Å². The molecule has 1 rings (SSSR count). The first-order valence-corrected chi connectivity index (χ1v) is 4.83. The number of thiol groups is 1. The van der Waals surface area contributed by atoms with Gasteiger partial charge in [-0.05, 0) is 12.1 Å². The second-order valence-corrected chi connectivity index (χ2v) is 4.55. The van der Waals surface area contributed by atoms with Crippen LogP contribution < -0.4 is 9.62 Å². The summed E-state index contributed by atoms with van der Waals surface area (Å²) in [5.41, 5.74) is 6.41. The molecule has 0 fully saturated rings. The summed E-state index contributed by atoms with van der Waals surface area (Å²) < 4.78 is 11.0. The van der Waals surface area contributed by atoms with Crippen molar-refractivity contribution in [3.63, 3.8) is 0 Å². The fourth-order valence-electron chi connectivity index (χ4n) is 1.04. The smallest absolute Gasteiger partial charge is 0.248 e. The van der Waals surface area contributed by atoms with E-state index in [4.69, 9.17) is 5.73 Å². The monoisotopic (exact) mass is 213 g/mol. The van der Waals surface area contributed by atoms with Gasteiger partial charge >= 0.3 is 0 Å². The van der Waals surface area contributed by atoms with E-state index in [0.29, 0.717) is 5.56 Å². The van der Waals surface area contributed by atoms with Crippen LogP contribution in [0.4, 0.5) is 5.69 Å². The summed E-state index contributed by atoms with van der Waals surface area (Å²) in [7, 11) is 3.60. The number of nitrogens with zero attached hydrogens (tertiary/aromatic N) is 1. The van der Waals surface area contributed by atoms with Gasteiger partial charge in [-0.2, -0.15) is 0 Å². The molecule has 0 aromatic heterocycles. The first-order valence-electron chi connectivity index (χ1n) is 4.06. The van der Waals surface area contributed by atoms with Crippen molar-refractivity contribution in [1.82, 2.24) is 3.89 Å². The van der Waals surface area contributed by atoms with Crippen LogP contribution in [0.2, 0.25) is 0 Å². The molecule has 0 unspecified atom stereocenters. The number of carbonyl (C=O) groups excluding carboxylic acids is 1. The van der Waals surface area contributed by atoms with Gasteiger partial charge in [-0.1, -0.05) is 0 Å². The van der Waals surface area contributed by atoms with Crippen LogP contribution in [0.5, 0.6) is 0 Å². The molecule has 1 amide bonds. The van der Waals surface area contributed by atoms with Crippen molar-refractivity contribution in [3.8, 4) is 0 Å². The summed E-state index contributed by atoms with van der Waals surface area (Å²) in [6.07, 6.45) is 0. The Hall–Kier alpha value is -1.20. The van der Waals surface area contributed by atoms with Gasteiger partial charge in [0.1, 0.15) is 5.69 Å². The van der Waals surface area contributed by atoms with Crippen LogP contribution in [0, 0.1) is 0 Å². The minimum atomic E-state index is -0.457. The van der Waals surface area contributed by atoms with Crippen LogP contribution in [-0.4, -0.2) is 24.2 Å². The van der Waals surface area contributed by atoms with Crippen LogP contribution >= 0.6 is 0 Å². The predicted octanol–water partition coefficient (Wildman–Crippen LogP) is 0.213. The third-order valence-electron chi connectivity index (χ3n) is 1.99. The van der Waals surface area contributed by atoms with Gasteiger partial charge < -0.3 is 5.73 Å². The molecule has 2 N–H and O–H groups in total. The van der Waals surface area contributed by atoms with Gasteiger partial charge in [0.25, 0.3) is 0 Å². The predicted molar refractivity (Wildman–Crippen MR) is 58.1 cm³/mol. The lowest BCUT2D eigenvalue weighted by molar-refractivity contribution is 0.100. The van der Waals surface area contributed by atoms with E-state index in [9.17, 15) is 9.00 Å². The molecular formula is C9H13N2O2S+. The maximum Gasteiger partial charge on any atom is 0.248 e. The van der Waals surface area contributed by atoms with Crippen LogP contribution in [0.1, 0.15) is 10.4 Å². The fourth-order valence-corrected chi connectivity index (χ4v) is 1.27. The molecule has 14 heavy (non-hydrogen) atoms. The highest BCUT2D eigenvalue weighted by atomic mass is 32.2. The molecule has 5 heteroatoms. The van der Waals surface area contributed by atoms with Crippen molar-refractivity contribution in [3.05, 3.63) is 29.8 Å². The van der Waals surface area contributed by atoms with Crippen LogP contribution in [0.3, 0.4) is 0 Å². The number of rotatable bonds is 3. The standard InChI is InChI=1S/C9H12N2O2S/c1-11(2,14-13)8-5-3-7(4-6-8)9(10)12/h3-6,14H,1-2H3,(H-,10,12)/p+1. The molecule has 4 nitrogen and oxygen atoms in total. The molecule has 0 radical (unpaired) electrons. The van der Waals surface area contributed by atoms with E-state index in [2.05, 4.69) is 0 Å². The molecule has 1 aromatic rings. The maximum atomic E-state index is 10.8. The number of quaternary nitrogens is 1. The van der Waals surface area contributed by atoms with E-state index < -0.39 is 5.91 Å². The first kappa shape index (κ1) is 10.9. The molecule has 0 saturated heterocycles. The summed E-state index contributed by atoms with van der Waals surface area (Å²) >= 11 is -0.00485. The summed E-state index contributed by atoms with van der Waals surface area (Å²) in [6, 6.07) is 6.74. The highest BCUT2D eigenvalue weighted by Crippen LogP contribution is 2.18. The van der Waals surface area contributed by atoms with Gasteiger partial charge in [0.2, 0.25) is 5.91 Å². The van der Waals surface area contributed by atoms with E-state index >= 15 is 0 Å². The van der Waals surface area contributed by atoms with E-state index in [1.54, 1.807) is 38.4 Å². The third kappa shape index (κ3) is 2.18. The third-order valence-corrected chi connectivity index (χ3v) is 2.63. The highest BCUT2D eigenvalue weighted by Gasteiger charge is 2.17. The average molecular weight is 213 g/mol. The quantitative estimate of drug-likeness (QED) is 0.557. The van der Waals surface area contributed by atoms with Gasteiger partial charge in [0.15, 0.2) is 11.9 Å². The van der Waals surface area contributed by atoms with E-state index in [-0.39, 0.29) is 15.7 Å². The second kappa shape index (κ2) is 3.89. The number of hydrogen-bond donors (Lipinski definition) is 2. The lowest BCUT2D eigenvalue weighted by Gasteiger charge is -2.20. The Balaban J connectivity index is 3.05. The highest BCUT2D eigenvalue weighted by molar-refractivity contribution is 7.65. The van der Waals surface area contributed by atoms with Crippen molar-refractivity contribution >= 4 is 23.4 Å². The normalized spacial score (nSPS) is 11.3. The number of amides is 1. The van der Waals surface area contributed by atoms with Crippen molar-refractivity contribution < 1.29 is 9.00 Å². The zero-order valence-corrected chi connectivity index (χ0v) is 8.99. The maximum absolute atomic E-state index is 10.8. The van der Waals surface area contributed by atoms with E-state index in [1.165, 1.54) is 0 Å². The molecule has 0 heterocycles. The zero-order chi connectivity index (χ0) is 10.8. The van der Waals surface area contributed by atoms with Gasteiger partial charge in [0.05, 0.1) is 14.1 Å². The molecule has 0 saturated carbocycles. The summed E-state index contributed by atoms with van der Waals surface area (Å²) in [5.74, 6) is -0.457. The molecular weight excluding hydrogens is 200 g/mol. The molecule has 0 spiro atoms. The van der Waals surface area contributed by atoms with E-state index in [0.717, 1.165) is 5.69 Å². The lowest BCUT2D eigenvalue weighted by Crippen LogP contribution is -2.35. The number of benzene rings is 1. The lowest BCUT2D eigenvalue weighted by atomic mass is 10.2. The molecule has 0 bridgehead atoms. The van der Waals surface area contributed by atoms with Crippen molar-refractivity contribution in [2.45, 2.75) is 0 Å².